The number of benzene rings is 1. The molecule has 8 heteroatoms. The van der Waals surface area contributed by atoms with Crippen molar-refractivity contribution in [1.82, 2.24) is 15.0 Å². The fraction of sp³-hybridized carbons (Fsp3) is 0. The largest absolute Gasteiger partial charge is 0.435 e. The first-order valence-corrected chi connectivity index (χ1v) is 7.03. The number of nitro groups is 1. The van der Waals surface area contributed by atoms with Gasteiger partial charge < -0.3 is 9.97 Å². The Morgan fingerprint density at radius 3 is 2.76 bits per heavy atom. The molecule has 4 rings (SSSR count). The molecule has 0 spiro atoms. The minimum absolute atomic E-state index is 0. The molecule has 0 aliphatic rings. The summed E-state index contributed by atoms with van der Waals surface area (Å²) in [6, 6.07) is 11.7. The number of aromatic nitrogens is 3. The van der Waals surface area contributed by atoms with Gasteiger partial charge in [-0.05, 0) is 40.4 Å². The van der Waals surface area contributed by atoms with E-state index in [-0.39, 0.29) is 31.7 Å². The van der Waals surface area contributed by atoms with E-state index in [0.29, 0.717) is 16.9 Å². The number of pyridine rings is 2. The van der Waals surface area contributed by atoms with Crippen molar-refractivity contribution in [3.05, 3.63) is 64.5 Å². The summed E-state index contributed by atoms with van der Waals surface area (Å²) in [5.74, 6) is 0. The van der Waals surface area contributed by atoms with E-state index in [1.54, 1.807) is 24.5 Å². The minimum atomic E-state index is -0.572. The van der Waals surface area contributed by atoms with E-state index >= 15 is 0 Å². The summed E-state index contributed by atoms with van der Waals surface area (Å²) in [7, 11) is 0. The van der Waals surface area contributed by atoms with Crippen molar-refractivity contribution in [3.8, 4) is 17.3 Å². The number of nitro benzene ring substituents is 1. The molecule has 0 bridgehead atoms. The maximum absolute atomic E-state index is 10.9. The van der Waals surface area contributed by atoms with Crippen LogP contribution in [0.25, 0.3) is 33.2 Å². The molecule has 1 aromatic carbocycles. The van der Waals surface area contributed by atoms with E-state index in [1.807, 2.05) is 18.2 Å². The van der Waals surface area contributed by atoms with Crippen molar-refractivity contribution in [3.63, 3.8) is 0 Å². The van der Waals surface area contributed by atoms with Crippen molar-refractivity contribution in [1.29, 1.82) is 5.26 Å². The Hall–Kier alpha value is -3.13. The van der Waals surface area contributed by atoms with Crippen LogP contribution in [-0.4, -0.2) is 14.9 Å². The fourth-order valence-electron chi connectivity index (χ4n) is 2.65. The molecule has 124 valence electrons. The Balaban J connectivity index is 0.00000182. The summed E-state index contributed by atoms with van der Waals surface area (Å²) < 4.78 is 0. The van der Waals surface area contributed by atoms with Gasteiger partial charge in [0.2, 0.25) is 0 Å². The first kappa shape index (κ1) is 16.7. The number of rotatable bonds is 2. The van der Waals surface area contributed by atoms with Crippen LogP contribution in [-0.2, 0) is 20.4 Å². The smallest absolute Gasteiger partial charge is 0.287 e. The van der Waals surface area contributed by atoms with Crippen LogP contribution in [0.2, 0.25) is 0 Å². The van der Waals surface area contributed by atoms with Gasteiger partial charge in [0.15, 0.2) is 0 Å². The zero-order valence-corrected chi connectivity index (χ0v) is 14.0. The Morgan fingerprint density at radius 1 is 1.16 bits per heavy atom. The predicted octanol–water partition coefficient (Wildman–Crippen LogP) is 3.18. The molecule has 0 radical (unpaired) electrons. The maximum Gasteiger partial charge on any atom is 0.287 e. The van der Waals surface area contributed by atoms with Gasteiger partial charge in [0.05, 0.1) is 4.92 Å². The normalized spacial score (nSPS) is 10.4. The van der Waals surface area contributed by atoms with Crippen LogP contribution in [0.5, 0.6) is 0 Å². The number of hydrogen-bond donors (Lipinski definition) is 0. The molecule has 4 aromatic rings. The molecule has 0 fully saturated rings. The molecular formula is C17H8N5O2Pd-. The predicted molar refractivity (Wildman–Crippen MR) is 87.2 cm³/mol. The van der Waals surface area contributed by atoms with E-state index in [4.69, 9.17) is 5.26 Å². The molecule has 0 aliphatic carbocycles. The van der Waals surface area contributed by atoms with Gasteiger partial charge in [-0.15, -0.1) is 0 Å². The van der Waals surface area contributed by atoms with Crippen LogP contribution in [0.3, 0.4) is 0 Å². The third-order valence-corrected chi connectivity index (χ3v) is 3.80. The van der Waals surface area contributed by atoms with E-state index in [0.717, 1.165) is 16.3 Å². The Kier molecular flexibility index (Phi) is 4.28. The van der Waals surface area contributed by atoms with E-state index in [9.17, 15) is 10.1 Å². The van der Waals surface area contributed by atoms with E-state index in [1.165, 1.54) is 12.1 Å². The van der Waals surface area contributed by atoms with Crippen LogP contribution >= 0.6 is 0 Å². The van der Waals surface area contributed by atoms with Gasteiger partial charge >= 0.3 is 0 Å². The fourth-order valence-corrected chi connectivity index (χ4v) is 2.65. The molecule has 0 unspecified atom stereocenters. The molecule has 25 heavy (non-hydrogen) atoms. The summed E-state index contributed by atoms with van der Waals surface area (Å²) in [5, 5.41) is 21.9. The average Bonchev–Trinajstić information content (AvgIpc) is 2.98. The topological polar surface area (TPSA) is 107 Å². The van der Waals surface area contributed by atoms with Gasteiger partial charge in [-0.3, -0.25) is 15.1 Å². The maximum atomic E-state index is 10.9. The van der Waals surface area contributed by atoms with Crippen LogP contribution in [0, 0.1) is 21.4 Å². The van der Waals surface area contributed by atoms with Crippen LogP contribution in [0.1, 0.15) is 5.56 Å². The van der Waals surface area contributed by atoms with E-state index < -0.39 is 4.92 Å². The summed E-state index contributed by atoms with van der Waals surface area (Å²) >= 11 is 0. The summed E-state index contributed by atoms with van der Waals surface area (Å²) in [4.78, 5) is 23.4. The third kappa shape index (κ3) is 2.76. The number of fused-ring (bicyclic) bond motifs is 3. The second-order valence-corrected chi connectivity index (χ2v) is 5.17. The Labute approximate surface area is 155 Å². The zero-order valence-electron chi connectivity index (χ0n) is 12.5. The van der Waals surface area contributed by atoms with Gasteiger partial charge in [-0.25, -0.2) is 0 Å². The molecule has 0 atom stereocenters. The summed E-state index contributed by atoms with van der Waals surface area (Å²) in [6.07, 6.45) is 3.41. The summed E-state index contributed by atoms with van der Waals surface area (Å²) in [5.41, 5.74) is 2.40. The minimum Gasteiger partial charge on any atom is -0.435 e. The molecule has 3 heterocycles. The van der Waals surface area contributed by atoms with Crippen molar-refractivity contribution >= 4 is 27.6 Å². The van der Waals surface area contributed by atoms with Crippen molar-refractivity contribution in [2.75, 3.05) is 0 Å². The second kappa shape index (κ2) is 6.41. The first-order valence-electron chi connectivity index (χ1n) is 7.03. The van der Waals surface area contributed by atoms with Gasteiger partial charge in [-0.2, -0.15) is 5.26 Å². The second-order valence-electron chi connectivity index (χ2n) is 5.17. The Bertz CT molecular complexity index is 1160. The zero-order chi connectivity index (χ0) is 16.7. The average molecular weight is 421 g/mol. The SMILES string of the molecule is N#Cc1cc(-c2ccc3c(n2)[n-]c2ccncc23)ccc1[N+](=O)[O-].[Pd]. The first-order chi connectivity index (χ1) is 11.7. The van der Waals surface area contributed by atoms with Gasteiger partial charge in [0.1, 0.15) is 11.6 Å². The van der Waals surface area contributed by atoms with Gasteiger partial charge in [0, 0.05) is 44.3 Å². The van der Waals surface area contributed by atoms with E-state index in [2.05, 4.69) is 15.0 Å². The number of hydrogen-bond acceptors (Lipinski definition) is 5. The third-order valence-electron chi connectivity index (χ3n) is 3.80. The molecule has 0 aliphatic heterocycles. The number of nitriles is 1. The summed E-state index contributed by atoms with van der Waals surface area (Å²) in [6.45, 7) is 0. The molecule has 0 N–H and O–H groups in total. The molecule has 3 aromatic heterocycles. The van der Waals surface area contributed by atoms with Crippen LogP contribution < -0.4 is 4.98 Å². The Morgan fingerprint density at radius 2 is 2.00 bits per heavy atom. The molecule has 0 saturated carbocycles. The number of nitrogens with zero attached hydrogens (tertiary/aromatic N) is 5. The standard InChI is InChI=1S/C17H8N5O2.Pd/c18-8-11-7-10(1-4-16(11)22(23)24)14-3-2-12-13-9-19-6-5-15(13)21-17(12)20-14;/h1-7,9H;/q-1;. The molecule has 7 nitrogen and oxygen atoms in total. The van der Waals surface area contributed by atoms with Crippen molar-refractivity contribution in [2.45, 2.75) is 0 Å². The molecule has 0 saturated heterocycles. The molecule has 0 amide bonds. The quantitative estimate of drug-likeness (QED) is 0.280. The van der Waals surface area contributed by atoms with Crippen molar-refractivity contribution in [2.24, 2.45) is 0 Å². The van der Waals surface area contributed by atoms with Gasteiger partial charge in [-0.1, -0.05) is 17.8 Å². The van der Waals surface area contributed by atoms with Crippen LogP contribution in [0.15, 0.2) is 48.8 Å². The van der Waals surface area contributed by atoms with Crippen molar-refractivity contribution < 1.29 is 25.3 Å². The van der Waals surface area contributed by atoms with Crippen LogP contribution in [0.4, 0.5) is 5.69 Å². The monoisotopic (exact) mass is 420 g/mol. The molecular weight excluding hydrogens is 413 g/mol. The van der Waals surface area contributed by atoms with Gasteiger partial charge in [0.25, 0.3) is 5.69 Å².